The summed E-state index contributed by atoms with van der Waals surface area (Å²) in [6.07, 6.45) is 0. The van der Waals surface area contributed by atoms with E-state index in [1.807, 2.05) is 5.43 Å². The van der Waals surface area contributed by atoms with Gasteiger partial charge in [0.15, 0.2) is 0 Å². The van der Waals surface area contributed by atoms with Crippen molar-refractivity contribution < 1.29 is 9.90 Å². The molecule has 1 amide bonds. The normalized spacial score (nSPS) is 9.77. The van der Waals surface area contributed by atoms with Crippen molar-refractivity contribution >= 4 is 17.5 Å². The second kappa shape index (κ2) is 3.64. The molecular weight excluding hydrogens is 192 g/mol. The standard InChI is InChI=1S/C8H9ClN2O2/c1-4-2-7(12)6(9)3-5(4)8(13)11-10/h2-3,12H,10H2,1H3,(H,11,13). The number of amides is 1. The van der Waals surface area contributed by atoms with Gasteiger partial charge in [0.1, 0.15) is 5.75 Å². The Labute approximate surface area is 80.3 Å². The number of aryl methyl sites for hydroxylation is 1. The molecule has 0 unspecified atom stereocenters. The van der Waals surface area contributed by atoms with Crippen LogP contribution in [0.3, 0.4) is 0 Å². The van der Waals surface area contributed by atoms with Crippen molar-refractivity contribution in [2.45, 2.75) is 6.92 Å². The van der Waals surface area contributed by atoms with E-state index in [0.717, 1.165) is 0 Å². The molecule has 1 aromatic rings. The van der Waals surface area contributed by atoms with E-state index >= 15 is 0 Å². The fourth-order valence-electron chi connectivity index (χ4n) is 0.989. The number of nitrogens with one attached hydrogen (secondary N) is 1. The summed E-state index contributed by atoms with van der Waals surface area (Å²) in [5.41, 5.74) is 2.96. The van der Waals surface area contributed by atoms with Gasteiger partial charge in [-0.25, -0.2) is 5.84 Å². The van der Waals surface area contributed by atoms with Crippen molar-refractivity contribution in [1.82, 2.24) is 5.43 Å². The molecule has 0 aliphatic heterocycles. The summed E-state index contributed by atoms with van der Waals surface area (Å²) < 4.78 is 0. The first-order valence-electron chi connectivity index (χ1n) is 3.56. The van der Waals surface area contributed by atoms with Crippen LogP contribution in [0.5, 0.6) is 5.75 Å². The van der Waals surface area contributed by atoms with Gasteiger partial charge in [-0.15, -0.1) is 0 Å². The number of carbonyl (C=O) groups excluding carboxylic acids is 1. The van der Waals surface area contributed by atoms with Gasteiger partial charge >= 0.3 is 0 Å². The topological polar surface area (TPSA) is 75.3 Å². The number of rotatable bonds is 1. The first kappa shape index (κ1) is 9.83. The molecule has 4 nitrogen and oxygen atoms in total. The number of phenols is 1. The zero-order chi connectivity index (χ0) is 10.0. The van der Waals surface area contributed by atoms with Crippen molar-refractivity contribution in [1.29, 1.82) is 0 Å². The molecule has 4 N–H and O–H groups in total. The van der Waals surface area contributed by atoms with Crippen LogP contribution < -0.4 is 11.3 Å². The minimum absolute atomic E-state index is 0.0484. The van der Waals surface area contributed by atoms with Gasteiger partial charge in [0, 0.05) is 5.56 Å². The molecule has 1 aromatic carbocycles. The van der Waals surface area contributed by atoms with Gasteiger partial charge in [0.2, 0.25) is 0 Å². The van der Waals surface area contributed by atoms with Crippen molar-refractivity contribution in [2.75, 3.05) is 0 Å². The van der Waals surface area contributed by atoms with Crippen LogP contribution in [0.2, 0.25) is 5.02 Å². The largest absolute Gasteiger partial charge is 0.506 e. The summed E-state index contributed by atoms with van der Waals surface area (Å²) in [7, 11) is 0. The highest BCUT2D eigenvalue weighted by molar-refractivity contribution is 6.32. The summed E-state index contributed by atoms with van der Waals surface area (Å²) >= 11 is 5.62. The van der Waals surface area contributed by atoms with Crippen molar-refractivity contribution in [3.8, 4) is 5.75 Å². The SMILES string of the molecule is Cc1cc(O)c(Cl)cc1C(=O)NN. The third-order valence-electron chi connectivity index (χ3n) is 1.67. The molecule has 0 heterocycles. The zero-order valence-corrected chi connectivity index (χ0v) is 7.72. The molecule has 0 saturated carbocycles. The van der Waals surface area contributed by atoms with E-state index in [1.54, 1.807) is 6.92 Å². The Bertz CT molecular complexity index is 352. The predicted octanol–water partition coefficient (Wildman–Crippen LogP) is 0.958. The molecule has 0 fully saturated rings. The highest BCUT2D eigenvalue weighted by Crippen LogP contribution is 2.26. The Balaban J connectivity index is 3.23. The minimum atomic E-state index is -0.431. The van der Waals surface area contributed by atoms with E-state index in [0.29, 0.717) is 11.1 Å². The maximum absolute atomic E-state index is 11.1. The Hall–Kier alpha value is -1.26. The molecule has 0 aliphatic rings. The lowest BCUT2D eigenvalue weighted by Crippen LogP contribution is -2.30. The Kier molecular flexibility index (Phi) is 2.75. The van der Waals surface area contributed by atoms with Crippen LogP contribution in [-0.4, -0.2) is 11.0 Å². The number of aromatic hydroxyl groups is 1. The molecule has 0 aromatic heterocycles. The maximum Gasteiger partial charge on any atom is 0.265 e. The van der Waals surface area contributed by atoms with Crippen LogP contribution in [0.25, 0.3) is 0 Å². The average Bonchev–Trinajstić information content (AvgIpc) is 2.10. The second-order valence-electron chi connectivity index (χ2n) is 2.59. The number of hydrogen-bond acceptors (Lipinski definition) is 3. The second-order valence-corrected chi connectivity index (χ2v) is 3.00. The highest BCUT2D eigenvalue weighted by atomic mass is 35.5. The Morgan fingerprint density at radius 2 is 2.23 bits per heavy atom. The highest BCUT2D eigenvalue weighted by Gasteiger charge is 2.10. The molecule has 70 valence electrons. The first-order chi connectivity index (χ1) is 6.06. The van der Waals surface area contributed by atoms with Gasteiger partial charge in [-0.1, -0.05) is 11.6 Å². The molecule has 0 aliphatic carbocycles. The summed E-state index contributed by atoms with van der Waals surface area (Å²) in [5, 5.41) is 9.31. The van der Waals surface area contributed by atoms with E-state index in [2.05, 4.69) is 0 Å². The smallest absolute Gasteiger partial charge is 0.265 e. The fourth-order valence-corrected chi connectivity index (χ4v) is 1.15. The maximum atomic E-state index is 11.1. The van der Waals surface area contributed by atoms with Crippen LogP contribution in [0.4, 0.5) is 0 Å². The van der Waals surface area contributed by atoms with Gasteiger partial charge < -0.3 is 5.11 Å². The third-order valence-corrected chi connectivity index (χ3v) is 1.97. The van der Waals surface area contributed by atoms with Crippen LogP contribution in [0.1, 0.15) is 15.9 Å². The zero-order valence-electron chi connectivity index (χ0n) is 6.97. The quantitative estimate of drug-likeness (QED) is 0.359. The van der Waals surface area contributed by atoms with Crippen LogP contribution >= 0.6 is 11.6 Å². The molecule has 5 heteroatoms. The number of nitrogens with two attached hydrogens (primary N) is 1. The number of hydrazine groups is 1. The summed E-state index contributed by atoms with van der Waals surface area (Å²) in [6, 6.07) is 2.78. The molecule has 1 rings (SSSR count). The van der Waals surface area contributed by atoms with Gasteiger partial charge in [-0.2, -0.15) is 0 Å². The number of phenolic OH excluding ortho intramolecular Hbond substituents is 1. The van der Waals surface area contributed by atoms with Crippen LogP contribution in [0.15, 0.2) is 12.1 Å². The van der Waals surface area contributed by atoms with E-state index in [4.69, 9.17) is 17.4 Å². The summed E-state index contributed by atoms with van der Waals surface area (Å²) in [4.78, 5) is 11.1. The van der Waals surface area contributed by atoms with E-state index < -0.39 is 5.91 Å². The number of carbonyl (C=O) groups is 1. The number of nitrogen functional groups attached to an aromatic ring is 1. The van der Waals surface area contributed by atoms with E-state index in [-0.39, 0.29) is 10.8 Å². The molecule has 13 heavy (non-hydrogen) atoms. The van der Waals surface area contributed by atoms with Gasteiger partial charge in [-0.3, -0.25) is 10.2 Å². The lowest BCUT2D eigenvalue weighted by atomic mass is 10.1. The lowest BCUT2D eigenvalue weighted by Gasteiger charge is -2.05. The van der Waals surface area contributed by atoms with Crippen molar-refractivity contribution in [3.63, 3.8) is 0 Å². The van der Waals surface area contributed by atoms with Gasteiger partial charge in [0.25, 0.3) is 5.91 Å². The third kappa shape index (κ3) is 1.91. The minimum Gasteiger partial charge on any atom is -0.506 e. The van der Waals surface area contributed by atoms with Crippen LogP contribution in [-0.2, 0) is 0 Å². The molecule has 0 bridgehead atoms. The van der Waals surface area contributed by atoms with Crippen molar-refractivity contribution in [3.05, 3.63) is 28.3 Å². The predicted molar refractivity (Wildman–Crippen MR) is 49.5 cm³/mol. The van der Waals surface area contributed by atoms with Gasteiger partial charge in [-0.05, 0) is 24.6 Å². The average molecular weight is 201 g/mol. The molecular formula is C8H9ClN2O2. The molecule has 0 atom stereocenters. The van der Waals surface area contributed by atoms with E-state index in [9.17, 15) is 9.90 Å². The molecule has 0 saturated heterocycles. The summed E-state index contributed by atoms with van der Waals surface area (Å²) in [5.74, 6) is 4.48. The summed E-state index contributed by atoms with van der Waals surface area (Å²) in [6.45, 7) is 1.68. The molecule has 0 spiro atoms. The van der Waals surface area contributed by atoms with Crippen LogP contribution in [0, 0.1) is 6.92 Å². The lowest BCUT2D eigenvalue weighted by molar-refractivity contribution is 0.0953. The van der Waals surface area contributed by atoms with Gasteiger partial charge in [0.05, 0.1) is 5.02 Å². The number of halogens is 1. The number of benzene rings is 1. The van der Waals surface area contributed by atoms with Crippen molar-refractivity contribution in [2.24, 2.45) is 5.84 Å². The Morgan fingerprint density at radius 3 is 2.77 bits per heavy atom. The Morgan fingerprint density at radius 1 is 1.62 bits per heavy atom. The molecule has 0 radical (unpaired) electrons. The van der Waals surface area contributed by atoms with E-state index in [1.165, 1.54) is 12.1 Å². The first-order valence-corrected chi connectivity index (χ1v) is 3.94. The monoisotopic (exact) mass is 200 g/mol. The fraction of sp³-hybridized carbons (Fsp3) is 0.125. The number of hydrogen-bond donors (Lipinski definition) is 3.